The molecule has 0 saturated heterocycles. The molecule has 0 unspecified atom stereocenters. The predicted octanol–water partition coefficient (Wildman–Crippen LogP) is 1.70. The lowest BCUT2D eigenvalue weighted by Crippen LogP contribution is -1.89. The first-order valence-electron chi connectivity index (χ1n) is 3.33. The molecular formula is C6H6N4S2. The topological polar surface area (TPSA) is 50.7 Å². The van der Waals surface area contributed by atoms with E-state index in [0.717, 1.165) is 16.4 Å². The third-order valence-electron chi connectivity index (χ3n) is 1.40. The maximum absolute atomic E-state index is 4.17. The summed E-state index contributed by atoms with van der Waals surface area (Å²) < 4.78 is 12.3. The molecule has 1 N–H and O–H groups in total. The molecule has 0 amide bonds. The van der Waals surface area contributed by atoms with Gasteiger partial charge in [0.05, 0.1) is 16.6 Å². The van der Waals surface area contributed by atoms with E-state index in [1.807, 2.05) is 13.1 Å². The highest BCUT2D eigenvalue weighted by Gasteiger charge is 2.09. The lowest BCUT2D eigenvalue weighted by atomic mass is 10.3. The van der Waals surface area contributed by atoms with E-state index in [-0.39, 0.29) is 0 Å². The average Bonchev–Trinajstić information content (AvgIpc) is 2.74. The highest BCUT2D eigenvalue weighted by Crippen LogP contribution is 2.27. The molecule has 0 radical (unpaired) electrons. The quantitative estimate of drug-likeness (QED) is 0.798. The van der Waals surface area contributed by atoms with Crippen molar-refractivity contribution in [3.63, 3.8) is 0 Å². The Labute approximate surface area is 77.8 Å². The van der Waals surface area contributed by atoms with Crippen LogP contribution in [0.2, 0.25) is 0 Å². The van der Waals surface area contributed by atoms with E-state index in [9.17, 15) is 0 Å². The summed E-state index contributed by atoms with van der Waals surface area (Å²) in [4.78, 5) is 1.05. The molecule has 0 aliphatic heterocycles. The summed E-state index contributed by atoms with van der Waals surface area (Å²) in [5, 5.41) is 2.98. The largest absolute Gasteiger partial charge is 0.370 e. The molecule has 2 aromatic heterocycles. The molecule has 62 valence electrons. The number of nitrogens with one attached hydrogen (secondary N) is 1. The Morgan fingerprint density at radius 2 is 2.33 bits per heavy atom. The van der Waals surface area contributed by atoms with E-state index < -0.39 is 0 Å². The Morgan fingerprint density at radius 1 is 1.42 bits per heavy atom. The Kier molecular flexibility index (Phi) is 2.01. The van der Waals surface area contributed by atoms with Gasteiger partial charge in [0.2, 0.25) is 0 Å². The Balaban J connectivity index is 2.46. The fraction of sp³-hybridized carbons (Fsp3) is 0.167. The van der Waals surface area contributed by atoms with Crippen LogP contribution < -0.4 is 5.32 Å². The minimum absolute atomic E-state index is 0.823. The SMILES string of the molecule is CNc1nsnc1-c1ccns1. The van der Waals surface area contributed by atoms with Crippen LogP contribution in [-0.4, -0.2) is 20.2 Å². The van der Waals surface area contributed by atoms with Gasteiger partial charge in [-0.1, -0.05) is 0 Å². The predicted molar refractivity (Wildman–Crippen MR) is 50.6 cm³/mol. The molecule has 0 aromatic carbocycles. The van der Waals surface area contributed by atoms with Crippen molar-refractivity contribution in [1.82, 2.24) is 13.1 Å². The maximum atomic E-state index is 4.17. The second-order valence-corrected chi connectivity index (χ2v) is 3.45. The van der Waals surface area contributed by atoms with Crippen LogP contribution in [0, 0.1) is 0 Å². The fourth-order valence-electron chi connectivity index (χ4n) is 0.852. The Hall–Kier alpha value is -1.01. The molecule has 2 heterocycles. The monoisotopic (exact) mass is 198 g/mol. The van der Waals surface area contributed by atoms with Crippen molar-refractivity contribution in [3.05, 3.63) is 12.3 Å². The summed E-state index contributed by atoms with van der Waals surface area (Å²) in [6, 6.07) is 1.93. The summed E-state index contributed by atoms with van der Waals surface area (Å²) in [7, 11) is 1.83. The standard InChI is InChI=1S/C6H6N4S2/c1-7-6-5(9-12-10-6)4-2-3-8-11-4/h2-3H,1H3,(H,7,10). The fourth-order valence-corrected chi connectivity index (χ4v) is 2.06. The first-order valence-corrected chi connectivity index (χ1v) is 4.83. The van der Waals surface area contributed by atoms with Crippen LogP contribution in [0.25, 0.3) is 10.6 Å². The van der Waals surface area contributed by atoms with Crippen LogP contribution >= 0.6 is 23.3 Å². The van der Waals surface area contributed by atoms with Gasteiger partial charge in [0.1, 0.15) is 5.69 Å². The molecule has 2 rings (SSSR count). The van der Waals surface area contributed by atoms with E-state index in [1.54, 1.807) is 6.20 Å². The zero-order chi connectivity index (χ0) is 8.39. The third-order valence-corrected chi connectivity index (χ3v) is 2.68. The van der Waals surface area contributed by atoms with Gasteiger partial charge in [-0.15, -0.1) is 0 Å². The van der Waals surface area contributed by atoms with Gasteiger partial charge in [-0.2, -0.15) is 8.75 Å². The molecular weight excluding hydrogens is 192 g/mol. The van der Waals surface area contributed by atoms with Crippen LogP contribution in [0.5, 0.6) is 0 Å². The van der Waals surface area contributed by atoms with Gasteiger partial charge < -0.3 is 5.32 Å². The van der Waals surface area contributed by atoms with E-state index in [4.69, 9.17) is 0 Å². The number of hydrogen-bond donors (Lipinski definition) is 1. The molecule has 0 aliphatic carbocycles. The van der Waals surface area contributed by atoms with Gasteiger partial charge in [-0.05, 0) is 17.6 Å². The smallest absolute Gasteiger partial charge is 0.168 e. The molecule has 0 saturated carbocycles. The molecule has 0 aliphatic rings. The van der Waals surface area contributed by atoms with E-state index >= 15 is 0 Å². The van der Waals surface area contributed by atoms with Crippen LogP contribution in [-0.2, 0) is 0 Å². The van der Waals surface area contributed by atoms with Crippen molar-refractivity contribution in [2.75, 3.05) is 12.4 Å². The highest BCUT2D eigenvalue weighted by molar-refractivity contribution is 7.09. The summed E-state index contributed by atoms with van der Waals surface area (Å²) in [5.41, 5.74) is 0.894. The molecule has 12 heavy (non-hydrogen) atoms. The van der Waals surface area contributed by atoms with E-state index in [1.165, 1.54) is 23.3 Å². The second kappa shape index (κ2) is 3.16. The van der Waals surface area contributed by atoms with E-state index in [2.05, 4.69) is 18.4 Å². The molecule has 4 nitrogen and oxygen atoms in total. The van der Waals surface area contributed by atoms with E-state index in [0.29, 0.717) is 0 Å². The van der Waals surface area contributed by atoms with Crippen molar-refractivity contribution in [3.8, 4) is 10.6 Å². The van der Waals surface area contributed by atoms with Crippen LogP contribution in [0.3, 0.4) is 0 Å². The zero-order valence-corrected chi connectivity index (χ0v) is 7.95. The summed E-state index contributed by atoms with van der Waals surface area (Å²) in [6.45, 7) is 0. The lowest BCUT2D eigenvalue weighted by Gasteiger charge is -1.93. The van der Waals surface area contributed by atoms with Crippen LogP contribution in [0.1, 0.15) is 0 Å². The van der Waals surface area contributed by atoms with Gasteiger partial charge in [0.25, 0.3) is 0 Å². The highest BCUT2D eigenvalue weighted by atomic mass is 32.1. The molecule has 2 aromatic rings. The first-order chi connectivity index (χ1) is 5.92. The lowest BCUT2D eigenvalue weighted by molar-refractivity contribution is 1.42. The third kappa shape index (κ3) is 1.19. The number of aromatic nitrogens is 3. The van der Waals surface area contributed by atoms with Crippen molar-refractivity contribution in [2.45, 2.75) is 0 Å². The molecule has 0 spiro atoms. The van der Waals surface area contributed by atoms with Crippen LogP contribution in [0.4, 0.5) is 5.82 Å². The maximum Gasteiger partial charge on any atom is 0.168 e. The Bertz CT molecular complexity index is 353. The van der Waals surface area contributed by atoms with Gasteiger partial charge in [0.15, 0.2) is 5.82 Å². The van der Waals surface area contributed by atoms with Crippen molar-refractivity contribution in [1.29, 1.82) is 0 Å². The van der Waals surface area contributed by atoms with Crippen molar-refractivity contribution < 1.29 is 0 Å². The number of rotatable bonds is 2. The minimum Gasteiger partial charge on any atom is -0.370 e. The van der Waals surface area contributed by atoms with Gasteiger partial charge in [-0.25, -0.2) is 4.37 Å². The molecule has 0 atom stereocenters. The molecule has 0 fully saturated rings. The number of nitrogens with zero attached hydrogens (tertiary/aromatic N) is 3. The van der Waals surface area contributed by atoms with Crippen LogP contribution in [0.15, 0.2) is 12.3 Å². The summed E-state index contributed by atoms with van der Waals surface area (Å²) in [6.07, 6.45) is 1.76. The zero-order valence-electron chi connectivity index (χ0n) is 6.31. The Morgan fingerprint density at radius 3 is 3.00 bits per heavy atom. The summed E-state index contributed by atoms with van der Waals surface area (Å²) >= 11 is 2.63. The second-order valence-electron chi connectivity index (χ2n) is 2.09. The van der Waals surface area contributed by atoms with Crippen molar-refractivity contribution >= 4 is 29.1 Å². The van der Waals surface area contributed by atoms with Gasteiger partial charge >= 0.3 is 0 Å². The summed E-state index contributed by atoms with van der Waals surface area (Å²) in [5.74, 6) is 0.823. The molecule has 0 bridgehead atoms. The van der Waals surface area contributed by atoms with Gasteiger partial charge in [-0.3, -0.25) is 0 Å². The average molecular weight is 198 g/mol. The normalized spacial score (nSPS) is 10.1. The van der Waals surface area contributed by atoms with Gasteiger partial charge in [0, 0.05) is 13.2 Å². The minimum atomic E-state index is 0.823. The number of hydrogen-bond acceptors (Lipinski definition) is 6. The number of anilines is 1. The molecule has 6 heteroatoms. The first kappa shape index (κ1) is 7.63. The van der Waals surface area contributed by atoms with Crippen molar-refractivity contribution in [2.24, 2.45) is 0 Å².